The first kappa shape index (κ1) is 17.6. The van der Waals surface area contributed by atoms with Gasteiger partial charge in [0.05, 0.1) is 12.4 Å². The summed E-state index contributed by atoms with van der Waals surface area (Å²) in [6.07, 6.45) is 13.9. The van der Waals surface area contributed by atoms with E-state index in [9.17, 15) is 0 Å². The Morgan fingerprint density at radius 3 is 2.21 bits per heavy atom. The Bertz CT molecular complexity index is 519. The van der Waals surface area contributed by atoms with Gasteiger partial charge in [-0.15, -0.1) is 0 Å². The lowest BCUT2D eigenvalue weighted by atomic mass is 9.77. The van der Waals surface area contributed by atoms with Gasteiger partial charge < -0.3 is 4.74 Å². The Labute approximate surface area is 148 Å². The fourth-order valence-electron chi connectivity index (χ4n) is 4.47. The second kappa shape index (κ2) is 8.74. The second-order valence-electron chi connectivity index (χ2n) is 7.85. The number of ether oxygens (including phenoxy) is 1. The SMILES string of the molecule is CCCc1ccc(C2CCC(C3=CCC(CCC)CO3)CC2)cc1. The zero-order valence-electron chi connectivity index (χ0n) is 15.6. The third kappa shape index (κ3) is 4.43. The van der Waals surface area contributed by atoms with E-state index in [1.807, 2.05) is 0 Å². The van der Waals surface area contributed by atoms with Crippen molar-refractivity contribution in [1.82, 2.24) is 0 Å². The van der Waals surface area contributed by atoms with Gasteiger partial charge in [-0.3, -0.25) is 0 Å². The predicted octanol–water partition coefficient (Wildman–Crippen LogP) is 6.63. The van der Waals surface area contributed by atoms with Crippen LogP contribution in [0.25, 0.3) is 0 Å². The fourth-order valence-corrected chi connectivity index (χ4v) is 4.47. The van der Waals surface area contributed by atoms with Crippen molar-refractivity contribution in [3.63, 3.8) is 0 Å². The van der Waals surface area contributed by atoms with E-state index < -0.39 is 0 Å². The molecule has 1 fully saturated rings. The molecule has 1 nitrogen and oxygen atoms in total. The van der Waals surface area contributed by atoms with E-state index in [1.54, 1.807) is 5.56 Å². The van der Waals surface area contributed by atoms with E-state index in [-0.39, 0.29) is 0 Å². The Balaban J connectivity index is 1.50. The third-order valence-corrected chi connectivity index (χ3v) is 5.95. The molecule has 0 saturated heterocycles. The van der Waals surface area contributed by atoms with Crippen LogP contribution in [0.5, 0.6) is 0 Å². The van der Waals surface area contributed by atoms with Crippen molar-refractivity contribution in [1.29, 1.82) is 0 Å². The van der Waals surface area contributed by atoms with Crippen LogP contribution in [-0.4, -0.2) is 6.61 Å². The van der Waals surface area contributed by atoms with E-state index in [0.717, 1.165) is 18.4 Å². The van der Waals surface area contributed by atoms with Gasteiger partial charge in [0.2, 0.25) is 0 Å². The van der Waals surface area contributed by atoms with Crippen LogP contribution in [0, 0.1) is 11.8 Å². The molecule has 1 heteroatoms. The summed E-state index contributed by atoms with van der Waals surface area (Å²) in [5.41, 5.74) is 3.03. The van der Waals surface area contributed by atoms with Crippen molar-refractivity contribution >= 4 is 0 Å². The Morgan fingerprint density at radius 2 is 1.62 bits per heavy atom. The maximum absolute atomic E-state index is 6.13. The molecule has 0 spiro atoms. The average molecular weight is 327 g/mol. The summed E-state index contributed by atoms with van der Waals surface area (Å²) in [4.78, 5) is 0. The van der Waals surface area contributed by atoms with Crippen molar-refractivity contribution in [2.75, 3.05) is 6.61 Å². The topological polar surface area (TPSA) is 9.23 Å². The van der Waals surface area contributed by atoms with Crippen molar-refractivity contribution < 1.29 is 4.74 Å². The molecule has 1 atom stereocenters. The van der Waals surface area contributed by atoms with Gasteiger partial charge in [0, 0.05) is 5.92 Å². The smallest absolute Gasteiger partial charge is 0.0951 e. The normalized spacial score (nSPS) is 27.4. The standard InChI is InChI=1S/C23H34O/c1-3-5-18-7-10-20(11-8-18)21-12-14-22(15-13-21)23-16-9-19(6-4-2)17-24-23/h7-8,10-11,16,19,21-22H,3-6,9,12-15,17H2,1-2H3. The minimum atomic E-state index is 0.684. The molecule has 0 N–H and O–H groups in total. The van der Waals surface area contributed by atoms with Gasteiger partial charge in [0.1, 0.15) is 0 Å². The molecule has 3 rings (SSSR count). The van der Waals surface area contributed by atoms with Crippen LogP contribution >= 0.6 is 0 Å². The van der Waals surface area contributed by atoms with Crippen LogP contribution in [-0.2, 0) is 11.2 Å². The summed E-state index contributed by atoms with van der Waals surface area (Å²) in [6.45, 7) is 5.48. The number of rotatable bonds is 6. The lowest BCUT2D eigenvalue weighted by molar-refractivity contribution is 0.104. The summed E-state index contributed by atoms with van der Waals surface area (Å²) < 4.78 is 6.13. The molecule has 0 bridgehead atoms. The van der Waals surface area contributed by atoms with E-state index in [2.05, 4.69) is 44.2 Å². The average Bonchev–Trinajstić information content (AvgIpc) is 2.64. The minimum Gasteiger partial charge on any atom is -0.498 e. The molecule has 0 aromatic heterocycles. The van der Waals surface area contributed by atoms with Crippen LogP contribution < -0.4 is 0 Å². The number of benzene rings is 1. The summed E-state index contributed by atoms with van der Waals surface area (Å²) in [7, 11) is 0. The molecule has 24 heavy (non-hydrogen) atoms. The molecular formula is C23H34O. The lowest BCUT2D eigenvalue weighted by Gasteiger charge is -2.33. The van der Waals surface area contributed by atoms with E-state index in [1.165, 1.54) is 69.1 Å². The molecular weight excluding hydrogens is 292 g/mol. The third-order valence-electron chi connectivity index (χ3n) is 5.95. The summed E-state index contributed by atoms with van der Waals surface area (Å²) in [5, 5.41) is 0. The molecule has 1 aromatic rings. The number of aryl methyl sites for hydroxylation is 1. The quantitative estimate of drug-likeness (QED) is 0.570. The maximum Gasteiger partial charge on any atom is 0.0951 e. The fraction of sp³-hybridized carbons (Fsp3) is 0.652. The molecule has 2 aliphatic rings. The van der Waals surface area contributed by atoms with Gasteiger partial charge in [0.25, 0.3) is 0 Å². The molecule has 132 valence electrons. The first-order valence-corrected chi connectivity index (χ1v) is 10.2. The number of hydrogen-bond donors (Lipinski definition) is 0. The minimum absolute atomic E-state index is 0.684. The molecule has 0 radical (unpaired) electrons. The molecule has 0 amide bonds. The van der Waals surface area contributed by atoms with Crippen LogP contribution in [0.2, 0.25) is 0 Å². The summed E-state index contributed by atoms with van der Waals surface area (Å²) in [5.74, 6) is 3.52. The van der Waals surface area contributed by atoms with Crippen LogP contribution in [0.4, 0.5) is 0 Å². The molecule has 1 unspecified atom stereocenters. The monoisotopic (exact) mass is 326 g/mol. The van der Waals surface area contributed by atoms with Crippen molar-refractivity contribution in [3.05, 3.63) is 47.2 Å². The second-order valence-corrected chi connectivity index (χ2v) is 7.85. The molecule has 1 aliphatic heterocycles. The maximum atomic E-state index is 6.13. The predicted molar refractivity (Wildman–Crippen MR) is 102 cm³/mol. The highest BCUT2D eigenvalue weighted by molar-refractivity contribution is 5.26. The van der Waals surface area contributed by atoms with Crippen LogP contribution in [0.15, 0.2) is 36.1 Å². The van der Waals surface area contributed by atoms with E-state index >= 15 is 0 Å². The molecule has 1 heterocycles. The highest BCUT2D eigenvalue weighted by atomic mass is 16.5. The molecule has 1 aliphatic carbocycles. The van der Waals surface area contributed by atoms with Crippen molar-refractivity contribution in [2.45, 2.75) is 77.6 Å². The zero-order chi connectivity index (χ0) is 16.8. The molecule has 1 aromatic carbocycles. The highest BCUT2D eigenvalue weighted by Crippen LogP contribution is 2.40. The van der Waals surface area contributed by atoms with Gasteiger partial charge in [0.15, 0.2) is 0 Å². The Kier molecular flexibility index (Phi) is 6.40. The van der Waals surface area contributed by atoms with E-state index in [4.69, 9.17) is 4.74 Å². The Morgan fingerprint density at radius 1 is 0.917 bits per heavy atom. The van der Waals surface area contributed by atoms with Gasteiger partial charge in [-0.1, -0.05) is 51.0 Å². The van der Waals surface area contributed by atoms with Gasteiger partial charge in [-0.2, -0.15) is 0 Å². The summed E-state index contributed by atoms with van der Waals surface area (Å²) >= 11 is 0. The van der Waals surface area contributed by atoms with Crippen LogP contribution in [0.1, 0.15) is 82.3 Å². The number of hydrogen-bond acceptors (Lipinski definition) is 1. The Hall–Kier alpha value is -1.24. The van der Waals surface area contributed by atoms with Gasteiger partial charge >= 0.3 is 0 Å². The number of allylic oxidation sites excluding steroid dienone is 2. The highest BCUT2D eigenvalue weighted by Gasteiger charge is 2.27. The largest absolute Gasteiger partial charge is 0.498 e. The van der Waals surface area contributed by atoms with Crippen molar-refractivity contribution in [3.8, 4) is 0 Å². The van der Waals surface area contributed by atoms with Gasteiger partial charge in [-0.25, -0.2) is 0 Å². The first-order chi connectivity index (χ1) is 11.8. The van der Waals surface area contributed by atoms with E-state index in [0.29, 0.717) is 5.92 Å². The molecule has 1 saturated carbocycles. The lowest BCUT2D eigenvalue weighted by Crippen LogP contribution is -2.21. The van der Waals surface area contributed by atoms with Crippen molar-refractivity contribution in [2.24, 2.45) is 11.8 Å². The summed E-state index contributed by atoms with van der Waals surface area (Å²) in [6, 6.07) is 9.43. The zero-order valence-corrected chi connectivity index (χ0v) is 15.6. The van der Waals surface area contributed by atoms with Gasteiger partial charge in [-0.05, 0) is 74.0 Å². The van der Waals surface area contributed by atoms with Crippen LogP contribution in [0.3, 0.4) is 0 Å². The first-order valence-electron chi connectivity index (χ1n) is 10.2.